The largest absolute Gasteiger partial charge is 0.457 e. The predicted octanol–water partition coefficient (Wildman–Crippen LogP) is 5.96. The Kier molecular flexibility index (Phi) is 5.49. The van der Waals surface area contributed by atoms with E-state index in [1.165, 1.54) is 0 Å². The molecule has 0 saturated heterocycles. The summed E-state index contributed by atoms with van der Waals surface area (Å²) in [4.78, 5) is 14.4. The van der Waals surface area contributed by atoms with Crippen LogP contribution < -0.4 is 10.1 Å². The summed E-state index contributed by atoms with van der Waals surface area (Å²) in [7, 11) is 1.93. The molecule has 172 valence electrons. The first kappa shape index (κ1) is 21.6. The van der Waals surface area contributed by atoms with Crippen molar-refractivity contribution in [3.63, 3.8) is 0 Å². The number of para-hydroxylation sites is 1. The molecule has 0 spiro atoms. The summed E-state index contributed by atoms with van der Waals surface area (Å²) in [6, 6.07) is 17.7. The maximum atomic E-state index is 5.91. The van der Waals surface area contributed by atoms with Gasteiger partial charge in [-0.25, -0.2) is 15.0 Å². The van der Waals surface area contributed by atoms with Gasteiger partial charge in [-0.2, -0.15) is 5.10 Å². The summed E-state index contributed by atoms with van der Waals surface area (Å²) in [5.74, 6) is 2.84. The maximum absolute atomic E-state index is 5.91. The molecule has 8 nitrogen and oxygen atoms in total. The van der Waals surface area contributed by atoms with Crippen LogP contribution in [0, 0.1) is 13.8 Å². The van der Waals surface area contributed by atoms with Crippen LogP contribution in [0.2, 0.25) is 0 Å². The third-order valence-corrected chi connectivity index (χ3v) is 5.81. The first-order valence-corrected chi connectivity index (χ1v) is 11.3. The van der Waals surface area contributed by atoms with Crippen molar-refractivity contribution in [3.05, 3.63) is 72.3 Å². The number of imidazole rings is 1. The number of ether oxygens (including phenoxy) is 1. The molecule has 1 N–H and O–H groups in total. The van der Waals surface area contributed by atoms with E-state index >= 15 is 0 Å². The summed E-state index contributed by atoms with van der Waals surface area (Å²) in [6.07, 6.45) is 1.82. The average Bonchev–Trinajstić information content (AvgIpc) is 3.36. The molecule has 0 aliphatic rings. The average molecular weight is 454 g/mol. The van der Waals surface area contributed by atoms with E-state index in [0.29, 0.717) is 11.6 Å². The smallest absolute Gasteiger partial charge is 0.167 e. The van der Waals surface area contributed by atoms with Crippen molar-refractivity contribution in [2.45, 2.75) is 33.7 Å². The zero-order valence-electron chi connectivity index (χ0n) is 19.9. The minimum absolute atomic E-state index is 0.214. The zero-order valence-corrected chi connectivity index (χ0v) is 19.9. The number of hydrogen-bond donors (Lipinski definition) is 1. The highest BCUT2D eigenvalue weighted by Gasteiger charge is 2.20. The minimum Gasteiger partial charge on any atom is -0.457 e. The normalized spacial score (nSPS) is 11.4. The lowest BCUT2D eigenvalue weighted by Crippen LogP contribution is -2.04. The molecule has 0 amide bonds. The van der Waals surface area contributed by atoms with Crippen molar-refractivity contribution in [2.24, 2.45) is 7.05 Å². The van der Waals surface area contributed by atoms with Gasteiger partial charge in [-0.3, -0.25) is 4.68 Å². The van der Waals surface area contributed by atoms with Gasteiger partial charge in [0.15, 0.2) is 22.8 Å². The van der Waals surface area contributed by atoms with Gasteiger partial charge in [-0.05, 0) is 64.1 Å². The topological polar surface area (TPSA) is 82.7 Å². The Morgan fingerprint density at radius 1 is 0.912 bits per heavy atom. The van der Waals surface area contributed by atoms with Gasteiger partial charge in [0.25, 0.3) is 0 Å². The van der Waals surface area contributed by atoms with Gasteiger partial charge in [0.1, 0.15) is 11.5 Å². The van der Waals surface area contributed by atoms with Crippen molar-refractivity contribution in [1.82, 2.24) is 29.3 Å². The number of anilines is 2. The Morgan fingerprint density at radius 2 is 1.62 bits per heavy atom. The molecule has 2 aromatic carbocycles. The highest BCUT2D eigenvalue weighted by atomic mass is 16.5. The van der Waals surface area contributed by atoms with Crippen molar-refractivity contribution >= 4 is 22.7 Å². The monoisotopic (exact) mass is 453 g/mol. The van der Waals surface area contributed by atoms with E-state index in [2.05, 4.69) is 33.8 Å². The van der Waals surface area contributed by atoms with E-state index in [1.54, 1.807) is 0 Å². The second-order valence-electron chi connectivity index (χ2n) is 8.55. The Labute approximate surface area is 198 Å². The first-order chi connectivity index (χ1) is 16.4. The second-order valence-corrected chi connectivity index (χ2v) is 8.55. The lowest BCUT2D eigenvalue weighted by atomic mass is 10.2. The van der Waals surface area contributed by atoms with Gasteiger partial charge in [-0.15, -0.1) is 0 Å². The molecule has 3 heterocycles. The fourth-order valence-corrected chi connectivity index (χ4v) is 3.96. The molecule has 0 saturated carbocycles. The van der Waals surface area contributed by atoms with E-state index in [4.69, 9.17) is 14.7 Å². The quantitative estimate of drug-likeness (QED) is 0.342. The molecule has 0 unspecified atom stereocenters. The van der Waals surface area contributed by atoms with E-state index in [9.17, 15) is 0 Å². The Morgan fingerprint density at radius 3 is 2.26 bits per heavy atom. The molecule has 5 aromatic rings. The molecule has 0 bridgehead atoms. The number of nitrogens with one attached hydrogen (secondary N) is 1. The predicted molar refractivity (Wildman–Crippen MR) is 134 cm³/mol. The summed E-state index contributed by atoms with van der Waals surface area (Å²) < 4.78 is 9.83. The van der Waals surface area contributed by atoms with Gasteiger partial charge >= 0.3 is 0 Å². The summed E-state index contributed by atoms with van der Waals surface area (Å²) in [5, 5.41) is 7.99. The lowest BCUT2D eigenvalue weighted by molar-refractivity contribution is 0.483. The van der Waals surface area contributed by atoms with E-state index in [-0.39, 0.29) is 6.04 Å². The molecule has 0 fully saturated rings. The Hall–Kier alpha value is -4.20. The molecule has 3 aromatic heterocycles. The van der Waals surface area contributed by atoms with Crippen LogP contribution in [0.15, 0.2) is 60.9 Å². The van der Waals surface area contributed by atoms with Gasteiger partial charge in [-0.1, -0.05) is 18.2 Å². The van der Waals surface area contributed by atoms with Crippen molar-refractivity contribution in [1.29, 1.82) is 0 Å². The van der Waals surface area contributed by atoms with Crippen LogP contribution in [0.5, 0.6) is 11.5 Å². The van der Waals surface area contributed by atoms with Gasteiger partial charge in [0, 0.05) is 24.5 Å². The van der Waals surface area contributed by atoms with Crippen LogP contribution in [-0.2, 0) is 7.05 Å². The van der Waals surface area contributed by atoms with Gasteiger partial charge in [0.2, 0.25) is 0 Å². The second kappa shape index (κ2) is 8.62. The third-order valence-electron chi connectivity index (χ3n) is 5.81. The van der Waals surface area contributed by atoms with Crippen molar-refractivity contribution in [3.8, 4) is 22.9 Å². The molecule has 34 heavy (non-hydrogen) atoms. The number of hydrogen-bond acceptors (Lipinski definition) is 6. The number of rotatable bonds is 6. The standard InChI is InChI=1S/C26H27N7O/c1-16(2)33-15-27-23-25(29-24(30-26(23)33)22-17(3)31-32(5)18(22)4)28-19-11-13-21(14-12-19)34-20-9-7-6-8-10-20/h6-16H,1-5H3,(H,28,29,30). The van der Waals surface area contributed by atoms with E-state index in [1.807, 2.05) is 86.5 Å². The Bertz CT molecular complexity index is 1450. The van der Waals surface area contributed by atoms with Gasteiger partial charge in [0.05, 0.1) is 17.6 Å². The first-order valence-electron chi connectivity index (χ1n) is 11.3. The molecule has 0 radical (unpaired) electrons. The van der Waals surface area contributed by atoms with Crippen LogP contribution in [0.25, 0.3) is 22.6 Å². The molecule has 0 aliphatic carbocycles. The lowest BCUT2D eigenvalue weighted by Gasteiger charge is -2.12. The fraction of sp³-hybridized carbons (Fsp3) is 0.231. The van der Waals surface area contributed by atoms with Crippen molar-refractivity contribution < 1.29 is 4.74 Å². The van der Waals surface area contributed by atoms with Gasteiger partial charge < -0.3 is 14.6 Å². The molecule has 0 atom stereocenters. The molecular weight excluding hydrogens is 426 g/mol. The zero-order chi connectivity index (χ0) is 23.8. The number of benzene rings is 2. The Balaban J connectivity index is 1.53. The van der Waals surface area contributed by atoms with Crippen LogP contribution in [0.1, 0.15) is 31.3 Å². The van der Waals surface area contributed by atoms with Crippen LogP contribution in [0.4, 0.5) is 11.5 Å². The van der Waals surface area contributed by atoms with Crippen molar-refractivity contribution in [2.75, 3.05) is 5.32 Å². The third kappa shape index (κ3) is 3.98. The van der Waals surface area contributed by atoms with Crippen LogP contribution >= 0.6 is 0 Å². The van der Waals surface area contributed by atoms with E-state index < -0.39 is 0 Å². The molecule has 8 heteroatoms. The summed E-state index contributed by atoms with van der Waals surface area (Å²) in [5.41, 5.74) is 5.24. The molecular formula is C26H27N7O. The highest BCUT2D eigenvalue weighted by Crippen LogP contribution is 2.31. The minimum atomic E-state index is 0.214. The molecule has 0 aliphatic heterocycles. The fourth-order valence-electron chi connectivity index (χ4n) is 3.96. The van der Waals surface area contributed by atoms with E-state index in [0.717, 1.165) is 45.3 Å². The number of aromatic nitrogens is 6. The number of aryl methyl sites for hydroxylation is 2. The maximum Gasteiger partial charge on any atom is 0.167 e. The number of fused-ring (bicyclic) bond motifs is 1. The summed E-state index contributed by atoms with van der Waals surface area (Å²) in [6.45, 7) is 8.24. The van der Waals surface area contributed by atoms with Crippen LogP contribution in [0.3, 0.4) is 0 Å². The molecule has 5 rings (SSSR count). The SMILES string of the molecule is Cc1nn(C)c(C)c1-c1nc(Nc2ccc(Oc3ccccc3)cc2)c2ncn(C(C)C)c2n1. The van der Waals surface area contributed by atoms with Crippen LogP contribution in [-0.4, -0.2) is 29.3 Å². The number of nitrogens with zero attached hydrogens (tertiary/aromatic N) is 6. The summed E-state index contributed by atoms with van der Waals surface area (Å²) >= 11 is 0. The highest BCUT2D eigenvalue weighted by molar-refractivity contribution is 5.87.